The Balaban J connectivity index is 1.45. The summed E-state index contributed by atoms with van der Waals surface area (Å²) < 4.78 is 30.1. The van der Waals surface area contributed by atoms with Crippen LogP contribution in [0.15, 0.2) is 42.5 Å². The number of rotatable bonds is 11. The van der Waals surface area contributed by atoms with Crippen LogP contribution in [0, 0.1) is 11.8 Å². The predicted octanol–water partition coefficient (Wildman–Crippen LogP) is 4.03. The predicted molar refractivity (Wildman–Crippen MR) is 126 cm³/mol. The second-order valence-corrected chi connectivity index (χ2v) is 9.40. The van der Waals surface area contributed by atoms with Crippen molar-refractivity contribution >= 4 is 6.29 Å². The van der Waals surface area contributed by atoms with E-state index in [0.29, 0.717) is 32.7 Å². The molecule has 3 fully saturated rings. The molecule has 7 nitrogen and oxygen atoms in total. The molecule has 2 heterocycles. The number of aliphatic hydroxyl groups is 1. The molecule has 0 amide bonds. The van der Waals surface area contributed by atoms with Crippen LogP contribution in [-0.4, -0.2) is 62.1 Å². The van der Waals surface area contributed by atoms with Gasteiger partial charge >= 0.3 is 0 Å². The average Bonchev–Trinajstić information content (AvgIpc) is 3.16. The lowest BCUT2D eigenvalue weighted by atomic mass is 9.90. The molecule has 1 aromatic carbocycles. The van der Waals surface area contributed by atoms with E-state index >= 15 is 0 Å². The van der Waals surface area contributed by atoms with Gasteiger partial charge in [-0.3, -0.25) is 0 Å². The van der Waals surface area contributed by atoms with Gasteiger partial charge in [0.15, 0.2) is 12.6 Å². The minimum Gasteiger partial charge on any atom is -0.491 e. The van der Waals surface area contributed by atoms with Gasteiger partial charge in [-0.15, -0.1) is 0 Å². The topological polar surface area (TPSA) is 83.5 Å². The van der Waals surface area contributed by atoms with Crippen molar-refractivity contribution in [1.82, 2.24) is 0 Å². The minimum absolute atomic E-state index is 0.110. The molecule has 4 rings (SSSR count). The van der Waals surface area contributed by atoms with Gasteiger partial charge in [-0.05, 0) is 50.7 Å². The van der Waals surface area contributed by atoms with Crippen LogP contribution in [0.2, 0.25) is 0 Å². The molecule has 3 aliphatic rings. The van der Waals surface area contributed by atoms with Crippen molar-refractivity contribution in [2.24, 2.45) is 11.8 Å². The zero-order valence-corrected chi connectivity index (χ0v) is 19.8. The number of ether oxygens (including phenoxy) is 5. The fraction of sp³-hybridized carbons (Fsp3) is 0.667. The Kier molecular flexibility index (Phi) is 9.95. The molecule has 188 valence electrons. The van der Waals surface area contributed by atoms with E-state index in [1.165, 1.54) is 0 Å². The number of para-hydroxylation sites is 1. The molecule has 2 saturated heterocycles. The number of carbonyl (C=O) groups is 1. The third-order valence-electron chi connectivity index (χ3n) is 6.89. The fourth-order valence-corrected chi connectivity index (χ4v) is 5.05. The molecule has 1 aromatic rings. The maximum absolute atomic E-state index is 11.3. The van der Waals surface area contributed by atoms with Crippen LogP contribution in [0.1, 0.15) is 51.4 Å². The van der Waals surface area contributed by atoms with Crippen LogP contribution < -0.4 is 4.74 Å². The lowest BCUT2D eigenvalue weighted by Gasteiger charge is -2.29. The quantitative estimate of drug-likeness (QED) is 0.383. The molecule has 0 spiro atoms. The smallest absolute Gasteiger partial charge is 0.158 e. The lowest BCUT2D eigenvalue weighted by molar-refractivity contribution is -0.193. The highest BCUT2D eigenvalue weighted by molar-refractivity contribution is 5.50. The van der Waals surface area contributed by atoms with Crippen LogP contribution in [0.25, 0.3) is 0 Å². The molecular weight excluding hydrogens is 436 g/mol. The first-order valence-electron chi connectivity index (χ1n) is 12.7. The largest absolute Gasteiger partial charge is 0.491 e. The summed E-state index contributed by atoms with van der Waals surface area (Å²) in [6.07, 6.45) is 10.0. The molecule has 2 aliphatic heterocycles. The standard InChI is InChI=1S/C27H38O7/c28-15-14-22-23(25(18-24(22)29)34-27-11-5-7-17-31-27)13-12-21(33-26-10-4-6-16-30-26)19-32-20-8-2-1-3-9-20/h1-3,8-9,12-13,15,21-27,29H,4-7,10-11,14,16-19H2. The van der Waals surface area contributed by atoms with Crippen molar-refractivity contribution in [3.05, 3.63) is 42.5 Å². The van der Waals surface area contributed by atoms with Crippen LogP contribution in [0.3, 0.4) is 0 Å². The van der Waals surface area contributed by atoms with Crippen LogP contribution >= 0.6 is 0 Å². The van der Waals surface area contributed by atoms with Gasteiger partial charge in [0, 0.05) is 37.9 Å². The Bertz CT molecular complexity index is 743. The monoisotopic (exact) mass is 474 g/mol. The molecule has 7 heteroatoms. The van der Waals surface area contributed by atoms with Gasteiger partial charge in [0.1, 0.15) is 24.7 Å². The first-order chi connectivity index (χ1) is 16.7. The summed E-state index contributed by atoms with van der Waals surface area (Å²) in [5.74, 6) is 0.477. The zero-order valence-electron chi connectivity index (χ0n) is 19.8. The van der Waals surface area contributed by atoms with Gasteiger partial charge in [0.05, 0.1) is 12.2 Å². The fourth-order valence-electron chi connectivity index (χ4n) is 5.05. The number of benzene rings is 1. The average molecular weight is 475 g/mol. The summed E-state index contributed by atoms with van der Waals surface area (Å²) in [6.45, 7) is 1.74. The first kappa shape index (κ1) is 25.3. The summed E-state index contributed by atoms with van der Waals surface area (Å²) in [5, 5.41) is 10.7. The molecule has 1 saturated carbocycles. The molecule has 0 aromatic heterocycles. The molecule has 34 heavy (non-hydrogen) atoms. The van der Waals surface area contributed by atoms with E-state index in [1.54, 1.807) is 0 Å². The molecule has 7 unspecified atom stereocenters. The third-order valence-corrected chi connectivity index (χ3v) is 6.89. The summed E-state index contributed by atoms with van der Waals surface area (Å²) in [6, 6.07) is 9.65. The van der Waals surface area contributed by atoms with Crippen molar-refractivity contribution in [3.63, 3.8) is 0 Å². The zero-order chi connectivity index (χ0) is 23.6. The summed E-state index contributed by atoms with van der Waals surface area (Å²) >= 11 is 0. The van der Waals surface area contributed by atoms with Gasteiger partial charge in [0.2, 0.25) is 0 Å². The lowest BCUT2D eigenvalue weighted by Crippen LogP contribution is -2.32. The van der Waals surface area contributed by atoms with Gasteiger partial charge in [-0.25, -0.2) is 0 Å². The highest BCUT2D eigenvalue weighted by Crippen LogP contribution is 2.39. The van der Waals surface area contributed by atoms with E-state index < -0.39 is 6.10 Å². The third kappa shape index (κ3) is 7.36. The Morgan fingerprint density at radius 3 is 2.44 bits per heavy atom. The van der Waals surface area contributed by atoms with E-state index in [1.807, 2.05) is 42.5 Å². The Labute approximate surface area is 202 Å². The van der Waals surface area contributed by atoms with Crippen molar-refractivity contribution in [2.75, 3.05) is 19.8 Å². The normalized spacial score (nSPS) is 33.1. The first-order valence-corrected chi connectivity index (χ1v) is 12.7. The van der Waals surface area contributed by atoms with Crippen LogP contribution in [0.4, 0.5) is 0 Å². The number of carbonyl (C=O) groups excluding carboxylic acids is 1. The maximum atomic E-state index is 11.3. The number of aldehydes is 1. The molecular formula is C27H38O7. The summed E-state index contributed by atoms with van der Waals surface area (Å²) in [4.78, 5) is 11.3. The van der Waals surface area contributed by atoms with Crippen LogP contribution in [-0.2, 0) is 23.7 Å². The second kappa shape index (κ2) is 13.4. The Morgan fingerprint density at radius 1 is 1.03 bits per heavy atom. The minimum atomic E-state index is -0.588. The molecule has 7 atom stereocenters. The van der Waals surface area contributed by atoms with E-state index in [-0.39, 0.29) is 36.6 Å². The summed E-state index contributed by atoms with van der Waals surface area (Å²) in [5.41, 5.74) is 0. The Hall–Kier alpha value is -1.77. The molecule has 0 radical (unpaired) electrons. The summed E-state index contributed by atoms with van der Waals surface area (Å²) in [7, 11) is 0. The highest BCUT2D eigenvalue weighted by Gasteiger charge is 2.43. The van der Waals surface area contributed by atoms with Gasteiger partial charge in [0.25, 0.3) is 0 Å². The van der Waals surface area contributed by atoms with Crippen molar-refractivity contribution in [2.45, 2.75) is 82.3 Å². The SMILES string of the molecule is O=CCC1C(O)CC(OC2CCCCO2)C1C=CC(COc1ccccc1)OC1CCCCO1. The van der Waals surface area contributed by atoms with Gasteiger partial charge < -0.3 is 33.6 Å². The second-order valence-electron chi connectivity index (χ2n) is 9.40. The van der Waals surface area contributed by atoms with E-state index in [9.17, 15) is 9.90 Å². The van der Waals surface area contributed by atoms with Crippen molar-refractivity contribution < 1.29 is 33.6 Å². The molecule has 1 N–H and O–H groups in total. The van der Waals surface area contributed by atoms with Crippen molar-refractivity contribution in [1.29, 1.82) is 0 Å². The molecule has 1 aliphatic carbocycles. The van der Waals surface area contributed by atoms with E-state index in [0.717, 1.165) is 50.6 Å². The number of hydrogen-bond acceptors (Lipinski definition) is 7. The maximum Gasteiger partial charge on any atom is 0.158 e. The molecule has 0 bridgehead atoms. The van der Waals surface area contributed by atoms with Gasteiger partial charge in [-0.1, -0.05) is 30.4 Å². The highest BCUT2D eigenvalue weighted by atomic mass is 16.7. The Morgan fingerprint density at radius 2 is 1.76 bits per heavy atom. The van der Waals surface area contributed by atoms with E-state index in [2.05, 4.69) is 0 Å². The van der Waals surface area contributed by atoms with Gasteiger partial charge in [-0.2, -0.15) is 0 Å². The van der Waals surface area contributed by atoms with Crippen LogP contribution in [0.5, 0.6) is 5.75 Å². The van der Waals surface area contributed by atoms with E-state index in [4.69, 9.17) is 23.7 Å². The van der Waals surface area contributed by atoms with Crippen molar-refractivity contribution in [3.8, 4) is 5.75 Å². The number of aliphatic hydroxyl groups excluding tert-OH is 1. The number of hydrogen-bond donors (Lipinski definition) is 1.